The second-order valence-corrected chi connectivity index (χ2v) is 17.6. The summed E-state index contributed by atoms with van der Waals surface area (Å²) in [5.41, 5.74) is 19.3. The maximum Gasteiger partial charge on any atom is 0.0543 e. The summed E-state index contributed by atoms with van der Waals surface area (Å²) >= 11 is 0. The van der Waals surface area contributed by atoms with Crippen LogP contribution in [0.25, 0.3) is 21.9 Å². The minimum absolute atomic E-state index is 0.113. The summed E-state index contributed by atoms with van der Waals surface area (Å²) in [5.74, 6) is 0.239. The number of hydrogen-bond donors (Lipinski definition) is 0. The minimum atomic E-state index is -0.239. The summed E-state index contributed by atoms with van der Waals surface area (Å²) in [7, 11) is 0. The number of rotatable bonds is 7. The number of aryl methyl sites for hydroxylation is 1. The molecule has 1 aliphatic heterocycles. The molecule has 1 nitrogen and oxygen atoms in total. The molecule has 1 aliphatic carbocycles. The van der Waals surface area contributed by atoms with Crippen molar-refractivity contribution in [1.29, 1.82) is 0 Å². The molecule has 2 aliphatic rings. The fraction of sp³-hybridized carbons (Fsp3) is 0.259. The van der Waals surface area contributed by atoms with E-state index >= 15 is 0 Å². The van der Waals surface area contributed by atoms with Crippen LogP contribution in [0.5, 0.6) is 0 Å². The Morgan fingerprint density at radius 3 is 1.85 bits per heavy atom. The zero-order valence-electron chi connectivity index (χ0n) is 34.4. The summed E-state index contributed by atoms with van der Waals surface area (Å²) in [4.78, 5) is 2.54. The van der Waals surface area contributed by atoms with E-state index in [-0.39, 0.29) is 22.2 Å². The van der Waals surface area contributed by atoms with Crippen molar-refractivity contribution in [3.05, 3.63) is 196 Å². The van der Waals surface area contributed by atoms with E-state index < -0.39 is 0 Å². The molecule has 0 bridgehead atoms. The molecule has 0 spiro atoms. The Hall–Kier alpha value is -5.40. The fourth-order valence-corrected chi connectivity index (χ4v) is 10.0. The van der Waals surface area contributed by atoms with Crippen molar-refractivity contribution in [1.82, 2.24) is 0 Å². The maximum atomic E-state index is 4.11. The highest BCUT2D eigenvalue weighted by molar-refractivity contribution is 6.10. The first-order valence-electron chi connectivity index (χ1n) is 20.0. The van der Waals surface area contributed by atoms with Gasteiger partial charge in [-0.25, -0.2) is 0 Å². The first kappa shape index (κ1) is 36.6. The van der Waals surface area contributed by atoms with Gasteiger partial charge in [-0.3, -0.25) is 0 Å². The molecule has 1 heteroatoms. The minimum Gasteiger partial charge on any atom is -0.309 e. The van der Waals surface area contributed by atoms with Crippen LogP contribution in [0, 0.1) is 6.92 Å². The number of fused-ring (bicyclic) bond motifs is 7. The Morgan fingerprint density at radius 1 is 0.655 bits per heavy atom. The molecule has 0 fully saturated rings. The second-order valence-electron chi connectivity index (χ2n) is 17.6. The molecule has 0 N–H and O–H groups in total. The fourth-order valence-electron chi connectivity index (χ4n) is 10.0. The van der Waals surface area contributed by atoms with Gasteiger partial charge in [-0.15, -0.1) is 0 Å². The predicted molar refractivity (Wildman–Crippen MR) is 238 cm³/mol. The summed E-state index contributed by atoms with van der Waals surface area (Å²) in [6.45, 7) is 27.4. The van der Waals surface area contributed by atoms with Crippen LogP contribution in [0.1, 0.15) is 113 Å². The van der Waals surface area contributed by atoms with E-state index in [1.165, 1.54) is 89.0 Å². The third kappa shape index (κ3) is 5.57. The first-order valence-corrected chi connectivity index (χ1v) is 20.0. The van der Waals surface area contributed by atoms with Gasteiger partial charge in [-0.2, -0.15) is 0 Å². The van der Waals surface area contributed by atoms with E-state index in [2.05, 4.69) is 214 Å². The normalized spacial score (nSPS) is 16.1. The summed E-state index contributed by atoms with van der Waals surface area (Å²) in [5, 5.41) is 2.58. The van der Waals surface area contributed by atoms with Crippen molar-refractivity contribution in [3.8, 4) is 11.1 Å². The summed E-state index contributed by atoms with van der Waals surface area (Å²) in [6, 6.07) is 43.8. The summed E-state index contributed by atoms with van der Waals surface area (Å²) < 4.78 is 0. The highest BCUT2D eigenvalue weighted by Crippen LogP contribution is 2.58. The second kappa shape index (κ2) is 13.1. The molecular formula is C54H55N. The number of para-hydroxylation sites is 2. The van der Waals surface area contributed by atoms with Crippen molar-refractivity contribution in [2.45, 2.75) is 91.4 Å². The van der Waals surface area contributed by atoms with Gasteiger partial charge in [0.25, 0.3) is 0 Å². The number of allylic oxidation sites excluding steroid dienone is 5. The van der Waals surface area contributed by atoms with Crippen molar-refractivity contribution in [2.75, 3.05) is 4.90 Å². The molecule has 0 radical (unpaired) electrons. The first-order chi connectivity index (χ1) is 26.2. The van der Waals surface area contributed by atoms with Gasteiger partial charge in [-0.1, -0.05) is 170 Å². The Balaban J connectivity index is 1.33. The molecule has 1 heterocycles. The lowest BCUT2D eigenvalue weighted by atomic mass is 9.71. The Kier molecular flexibility index (Phi) is 8.73. The predicted octanol–water partition coefficient (Wildman–Crippen LogP) is 15.1. The monoisotopic (exact) mass is 717 g/mol. The van der Waals surface area contributed by atoms with Crippen LogP contribution in [0.3, 0.4) is 0 Å². The van der Waals surface area contributed by atoms with Gasteiger partial charge >= 0.3 is 0 Å². The standard InChI is InChI=1S/C54H55N/c1-12-37(30-29-34(2)3)36(5)38-21-15-16-24-42(38)52(6,7)45-32-41-46(31-35(45)4)54(10,11)47-33-50(39-22-13-14-23-40(39)51(41)47)55-48-27-19-17-25-43(48)53(8,9)44-26-18-20-28-49(44)55/h12-33,36H,2H2,1,3-11H3. The van der Waals surface area contributed by atoms with Gasteiger partial charge in [-0.05, 0) is 112 Å². The maximum absolute atomic E-state index is 4.11. The van der Waals surface area contributed by atoms with Crippen molar-refractivity contribution in [2.24, 2.45) is 0 Å². The van der Waals surface area contributed by atoms with E-state index in [1.54, 1.807) is 0 Å². The summed E-state index contributed by atoms with van der Waals surface area (Å²) in [6.07, 6.45) is 6.61. The molecule has 8 rings (SSSR count). The molecule has 1 unspecified atom stereocenters. The third-order valence-electron chi connectivity index (χ3n) is 13.0. The van der Waals surface area contributed by atoms with Crippen LogP contribution in [-0.4, -0.2) is 0 Å². The van der Waals surface area contributed by atoms with Crippen molar-refractivity contribution >= 4 is 27.8 Å². The molecule has 6 aromatic carbocycles. The van der Waals surface area contributed by atoms with Gasteiger partial charge in [0, 0.05) is 27.5 Å². The highest BCUT2D eigenvalue weighted by Gasteiger charge is 2.42. The van der Waals surface area contributed by atoms with E-state index in [1.807, 2.05) is 0 Å². The zero-order chi connectivity index (χ0) is 39.0. The van der Waals surface area contributed by atoms with Crippen LogP contribution in [0.4, 0.5) is 17.1 Å². The molecule has 55 heavy (non-hydrogen) atoms. The molecule has 1 atom stereocenters. The number of anilines is 3. The average Bonchev–Trinajstić information content (AvgIpc) is 3.39. The highest BCUT2D eigenvalue weighted by atomic mass is 15.2. The zero-order valence-corrected chi connectivity index (χ0v) is 34.4. The Bertz CT molecular complexity index is 2540. The lowest BCUT2D eigenvalue weighted by Crippen LogP contribution is -2.30. The Labute approximate surface area is 329 Å². The van der Waals surface area contributed by atoms with Crippen molar-refractivity contribution in [3.63, 3.8) is 0 Å². The SMILES string of the molecule is C=C(C)C=CC(=CC)C(C)c1ccccc1C(C)(C)c1cc2c(cc1C)C(C)(C)c1cc(N3c4ccccc4C(C)(C)c4ccccc43)c3ccccc3c1-2. The molecule has 0 amide bonds. The largest absolute Gasteiger partial charge is 0.309 e. The molecular weight excluding hydrogens is 663 g/mol. The van der Waals surface area contributed by atoms with Crippen LogP contribution < -0.4 is 4.90 Å². The van der Waals surface area contributed by atoms with Crippen LogP contribution in [0.2, 0.25) is 0 Å². The molecule has 0 saturated carbocycles. The van der Waals surface area contributed by atoms with Gasteiger partial charge < -0.3 is 4.90 Å². The third-order valence-corrected chi connectivity index (χ3v) is 13.0. The van der Waals surface area contributed by atoms with Gasteiger partial charge in [0.05, 0.1) is 17.1 Å². The van der Waals surface area contributed by atoms with E-state index in [4.69, 9.17) is 0 Å². The van der Waals surface area contributed by atoms with E-state index in [0.29, 0.717) is 0 Å². The number of hydrogen-bond acceptors (Lipinski definition) is 1. The van der Waals surface area contributed by atoms with Gasteiger partial charge in [0.1, 0.15) is 0 Å². The van der Waals surface area contributed by atoms with Gasteiger partial charge in [0.2, 0.25) is 0 Å². The molecule has 0 aromatic heterocycles. The van der Waals surface area contributed by atoms with Crippen LogP contribution in [-0.2, 0) is 16.2 Å². The van der Waals surface area contributed by atoms with Crippen LogP contribution in [0.15, 0.2) is 151 Å². The smallest absolute Gasteiger partial charge is 0.0543 e. The topological polar surface area (TPSA) is 3.24 Å². The lowest BCUT2D eigenvalue weighted by molar-refractivity contribution is 0.619. The van der Waals surface area contributed by atoms with Gasteiger partial charge in [0.15, 0.2) is 0 Å². The number of nitrogens with zero attached hydrogens (tertiary/aromatic N) is 1. The molecule has 276 valence electrons. The average molecular weight is 718 g/mol. The molecule has 0 saturated heterocycles. The van der Waals surface area contributed by atoms with E-state index in [9.17, 15) is 0 Å². The molecule has 6 aromatic rings. The number of benzene rings is 6. The Morgan fingerprint density at radius 2 is 1.22 bits per heavy atom. The van der Waals surface area contributed by atoms with E-state index in [0.717, 1.165) is 5.57 Å². The quantitative estimate of drug-likeness (QED) is 0.149. The van der Waals surface area contributed by atoms with Crippen LogP contribution >= 0.6 is 0 Å². The van der Waals surface area contributed by atoms with Crippen molar-refractivity contribution < 1.29 is 0 Å². The lowest BCUT2D eigenvalue weighted by Gasteiger charge is -2.42.